The first kappa shape index (κ1) is 18.8. The van der Waals surface area contributed by atoms with Crippen LogP contribution < -0.4 is 10.0 Å². The third-order valence-corrected chi connectivity index (χ3v) is 6.87. The summed E-state index contributed by atoms with van der Waals surface area (Å²) in [5.74, 6) is 0.133. The number of rotatable bonds is 9. The first-order valence-electron chi connectivity index (χ1n) is 7.27. The van der Waals surface area contributed by atoms with E-state index in [-0.39, 0.29) is 24.0 Å². The van der Waals surface area contributed by atoms with E-state index in [2.05, 4.69) is 10.0 Å². The van der Waals surface area contributed by atoms with Crippen LogP contribution in [-0.2, 0) is 20.0 Å². The molecule has 1 heterocycles. The van der Waals surface area contributed by atoms with Gasteiger partial charge in [-0.1, -0.05) is 13.8 Å². The maximum atomic E-state index is 12.0. The molecule has 1 rings (SSSR count). The van der Waals surface area contributed by atoms with Crippen molar-refractivity contribution in [3.63, 3.8) is 0 Å². The zero-order chi connectivity index (χ0) is 16.1. The van der Waals surface area contributed by atoms with E-state index in [1.165, 1.54) is 11.4 Å². The number of sulfone groups is 1. The number of hydrogen-bond acceptors (Lipinski definition) is 5. The molecule has 1 atom stereocenters. The minimum atomic E-state index is -3.53. The summed E-state index contributed by atoms with van der Waals surface area (Å²) in [6.07, 6.45) is 1.26. The summed E-state index contributed by atoms with van der Waals surface area (Å²) >= 11 is 0. The van der Waals surface area contributed by atoms with Crippen LogP contribution in [0.2, 0.25) is 0 Å². The van der Waals surface area contributed by atoms with E-state index >= 15 is 0 Å². The Kier molecular flexibility index (Phi) is 7.05. The second-order valence-electron chi connectivity index (χ2n) is 5.91. The highest BCUT2D eigenvalue weighted by molar-refractivity contribution is 7.91. The van der Waals surface area contributed by atoms with Gasteiger partial charge in [0.1, 0.15) is 0 Å². The molecule has 2 N–H and O–H groups in total. The van der Waals surface area contributed by atoms with Crippen LogP contribution in [0, 0.1) is 5.92 Å². The molecule has 1 unspecified atom stereocenters. The van der Waals surface area contributed by atoms with Gasteiger partial charge in [-0.05, 0) is 25.3 Å². The van der Waals surface area contributed by atoms with E-state index < -0.39 is 20.0 Å². The van der Waals surface area contributed by atoms with Gasteiger partial charge in [-0.15, -0.1) is 0 Å². The first-order chi connectivity index (χ1) is 9.62. The molecule has 0 aromatic carbocycles. The molecule has 1 saturated heterocycles. The summed E-state index contributed by atoms with van der Waals surface area (Å²) in [6, 6.07) is 0.384. The molecule has 7 nitrogen and oxygen atoms in total. The lowest BCUT2D eigenvalue weighted by molar-refractivity contribution is 0.433. The van der Waals surface area contributed by atoms with Crippen molar-refractivity contribution >= 4 is 20.0 Å². The van der Waals surface area contributed by atoms with E-state index in [0.29, 0.717) is 19.0 Å². The van der Waals surface area contributed by atoms with E-state index in [1.807, 2.05) is 13.8 Å². The molecule has 1 fully saturated rings. The van der Waals surface area contributed by atoms with Crippen molar-refractivity contribution in [2.75, 3.05) is 38.2 Å². The lowest BCUT2D eigenvalue weighted by Crippen LogP contribution is -2.41. The minimum absolute atomic E-state index is 0.0809. The van der Waals surface area contributed by atoms with Crippen LogP contribution in [0.25, 0.3) is 0 Å². The average molecular weight is 341 g/mol. The van der Waals surface area contributed by atoms with Crippen LogP contribution in [0.15, 0.2) is 0 Å². The molecule has 1 aliphatic rings. The molecule has 0 spiro atoms. The van der Waals surface area contributed by atoms with Crippen LogP contribution in [0.3, 0.4) is 0 Å². The molecule has 0 saturated carbocycles. The van der Waals surface area contributed by atoms with Gasteiger partial charge in [0.2, 0.25) is 0 Å². The van der Waals surface area contributed by atoms with Crippen LogP contribution in [0.5, 0.6) is 0 Å². The summed E-state index contributed by atoms with van der Waals surface area (Å²) in [6.45, 7) is 5.46. The average Bonchev–Trinajstić information content (AvgIpc) is 2.71. The van der Waals surface area contributed by atoms with Crippen LogP contribution in [-0.4, -0.2) is 65.4 Å². The topological polar surface area (TPSA) is 95.6 Å². The fraction of sp³-hybridized carbons (Fsp3) is 1.00. The third-order valence-electron chi connectivity index (χ3n) is 3.49. The van der Waals surface area contributed by atoms with Crippen molar-refractivity contribution in [3.05, 3.63) is 0 Å². The molecule has 1 aliphatic heterocycles. The standard InChI is InChI=1S/C12H27N3O4S2/c1-11(2)13-6-4-7-15(3)21(18,19)14-9-12-5-8-20(16,17)10-12/h11-14H,4-10H2,1-3H3. The van der Waals surface area contributed by atoms with Gasteiger partial charge in [0, 0.05) is 26.2 Å². The minimum Gasteiger partial charge on any atom is -0.314 e. The Bertz CT molecular complexity index is 517. The molecule has 0 radical (unpaired) electrons. The maximum absolute atomic E-state index is 12.0. The number of nitrogens with one attached hydrogen (secondary N) is 2. The number of hydrogen-bond donors (Lipinski definition) is 2. The van der Waals surface area contributed by atoms with Crippen LogP contribution in [0.4, 0.5) is 0 Å². The third kappa shape index (κ3) is 7.05. The van der Waals surface area contributed by atoms with E-state index in [4.69, 9.17) is 0 Å². The summed E-state index contributed by atoms with van der Waals surface area (Å²) < 4.78 is 50.5. The molecule has 0 aromatic heterocycles. The number of nitrogens with zero attached hydrogens (tertiary/aromatic N) is 1. The Morgan fingerprint density at radius 2 is 2.00 bits per heavy atom. The summed E-state index contributed by atoms with van der Waals surface area (Å²) in [7, 11) is -4.96. The SMILES string of the molecule is CC(C)NCCCN(C)S(=O)(=O)NCC1CCS(=O)(=O)C1. The van der Waals surface area contributed by atoms with Crippen molar-refractivity contribution in [2.24, 2.45) is 5.92 Å². The molecule has 0 bridgehead atoms. The zero-order valence-electron chi connectivity index (χ0n) is 13.0. The van der Waals surface area contributed by atoms with Gasteiger partial charge in [0.05, 0.1) is 11.5 Å². The van der Waals surface area contributed by atoms with Gasteiger partial charge >= 0.3 is 0 Å². The molecule has 21 heavy (non-hydrogen) atoms. The molecule has 0 aromatic rings. The molecular weight excluding hydrogens is 314 g/mol. The van der Waals surface area contributed by atoms with Crippen LogP contribution in [0.1, 0.15) is 26.7 Å². The van der Waals surface area contributed by atoms with Gasteiger partial charge < -0.3 is 5.32 Å². The van der Waals surface area contributed by atoms with Crippen molar-refractivity contribution in [2.45, 2.75) is 32.7 Å². The Hall–Kier alpha value is -0.220. The fourth-order valence-corrected chi connectivity index (χ4v) is 5.08. The largest absolute Gasteiger partial charge is 0.314 e. The van der Waals surface area contributed by atoms with Crippen LogP contribution >= 0.6 is 0 Å². The quantitative estimate of drug-likeness (QED) is 0.555. The van der Waals surface area contributed by atoms with Gasteiger partial charge in [0.25, 0.3) is 10.2 Å². The van der Waals surface area contributed by atoms with E-state index in [1.54, 1.807) is 0 Å². The Morgan fingerprint density at radius 3 is 2.52 bits per heavy atom. The maximum Gasteiger partial charge on any atom is 0.279 e. The molecule has 126 valence electrons. The second kappa shape index (κ2) is 7.87. The van der Waals surface area contributed by atoms with Crippen molar-refractivity contribution in [3.8, 4) is 0 Å². The van der Waals surface area contributed by atoms with Gasteiger partial charge in [0.15, 0.2) is 9.84 Å². The Labute approximate surface area is 128 Å². The lowest BCUT2D eigenvalue weighted by atomic mass is 10.1. The predicted octanol–water partition coefficient (Wildman–Crippen LogP) is -0.425. The van der Waals surface area contributed by atoms with Gasteiger partial charge in [-0.25, -0.2) is 13.1 Å². The van der Waals surface area contributed by atoms with Crippen molar-refractivity contribution < 1.29 is 16.8 Å². The predicted molar refractivity (Wildman–Crippen MR) is 84.1 cm³/mol. The summed E-state index contributed by atoms with van der Waals surface area (Å²) in [5.41, 5.74) is 0. The van der Waals surface area contributed by atoms with E-state index in [9.17, 15) is 16.8 Å². The van der Waals surface area contributed by atoms with Gasteiger partial charge in [-0.2, -0.15) is 12.7 Å². The Morgan fingerprint density at radius 1 is 1.33 bits per heavy atom. The highest BCUT2D eigenvalue weighted by Crippen LogP contribution is 2.17. The molecule has 0 aliphatic carbocycles. The summed E-state index contributed by atoms with van der Waals surface area (Å²) in [4.78, 5) is 0. The second-order valence-corrected chi connectivity index (χ2v) is 10.00. The highest BCUT2D eigenvalue weighted by atomic mass is 32.2. The molecule has 9 heteroatoms. The Balaban J connectivity index is 2.32. The zero-order valence-corrected chi connectivity index (χ0v) is 14.6. The monoisotopic (exact) mass is 341 g/mol. The first-order valence-corrected chi connectivity index (χ1v) is 10.5. The normalized spacial score (nSPS) is 22.2. The van der Waals surface area contributed by atoms with E-state index in [0.717, 1.165) is 13.0 Å². The smallest absolute Gasteiger partial charge is 0.279 e. The summed E-state index contributed by atoms with van der Waals surface area (Å²) in [5, 5.41) is 3.23. The fourth-order valence-electron chi connectivity index (χ4n) is 2.18. The van der Waals surface area contributed by atoms with Crippen molar-refractivity contribution in [1.82, 2.24) is 14.3 Å². The molecular formula is C12H27N3O4S2. The highest BCUT2D eigenvalue weighted by Gasteiger charge is 2.29. The lowest BCUT2D eigenvalue weighted by Gasteiger charge is -2.19. The van der Waals surface area contributed by atoms with Crippen molar-refractivity contribution in [1.29, 1.82) is 0 Å². The molecule has 0 amide bonds. The van der Waals surface area contributed by atoms with Gasteiger partial charge in [-0.3, -0.25) is 0 Å².